The first kappa shape index (κ1) is 16.7. The van der Waals surface area contributed by atoms with Gasteiger partial charge in [0.2, 0.25) is 12.2 Å². The summed E-state index contributed by atoms with van der Waals surface area (Å²) in [6.07, 6.45) is 5.16. The molecule has 0 radical (unpaired) electrons. The number of nitrogens with zero attached hydrogens (tertiary/aromatic N) is 2. The lowest BCUT2D eigenvalue weighted by atomic mass is 9.92. The molecule has 22 heavy (non-hydrogen) atoms. The fourth-order valence-electron chi connectivity index (χ4n) is 2.60. The summed E-state index contributed by atoms with van der Waals surface area (Å²) in [5.41, 5.74) is 3.50. The lowest BCUT2D eigenvalue weighted by Gasteiger charge is -2.16. The van der Waals surface area contributed by atoms with Crippen molar-refractivity contribution in [2.45, 2.75) is 45.4 Å². The van der Waals surface area contributed by atoms with Crippen molar-refractivity contribution in [2.24, 2.45) is 0 Å². The number of benzene rings is 1. The van der Waals surface area contributed by atoms with Gasteiger partial charge in [-0.3, -0.25) is 4.55 Å². The molecular weight excluding hydrogens is 300 g/mol. The van der Waals surface area contributed by atoms with Crippen LogP contribution >= 0.6 is 0 Å². The third-order valence-corrected chi connectivity index (χ3v) is 4.23. The van der Waals surface area contributed by atoms with Gasteiger partial charge in [-0.15, -0.1) is 0 Å². The van der Waals surface area contributed by atoms with Gasteiger partial charge >= 0.3 is 10.1 Å². The average molecular weight is 323 g/mol. The number of imidazole rings is 1. The zero-order valence-corrected chi connectivity index (χ0v) is 14.2. The first-order valence-electron chi connectivity index (χ1n) is 7.34. The highest BCUT2D eigenvalue weighted by Gasteiger charge is 2.21. The molecule has 0 aliphatic heterocycles. The second-order valence-electron chi connectivity index (χ2n) is 6.14. The highest BCUT2D eigenvalue weighted by Crippen LogP contribution is 2.30. The van der Waals surface area contributed by atoms with Crippen molar-refractivity contribution in [3.05, 3.63) is 48.0 Å². The van der Waals surface area contributed by atoms with Crippen molar-refractivity contribution in [2.75, 3.05) is 0 Å². The molecule has 6 heteroatoms. The van der Waals surface area contributed by atoms with Gasteiger partial charge in [0.25, 0.3) is 0 Å². The molecule has 2 rings (SSSR count). The van der Waals surface area contributed by atoms with Crippen LogP contribution in [0.5, 0.6) is 0 Å². The SMILES string of the molecule is CC(C)c1cccc(C(C)C)c1-n1cc[n+](CS(=O)(=O)O)c1. The van der Waals surface area contributed by atoms with E-state index >= 15 is 0 Å². The van der Waals surface area contributed by atoms with Gasteiger partial charge in [0.1, 0.15) is 18.1 Å². The molecule has 1 aromatic heterocycles. The second kappa shape index (κ2) is 6.22. The van der Waals surface area contributed by atoms with E-state index in [0.717, 1.165) is 5.69 Å². The predicted molar refractivity (Wildman–Crippen MR) is 85.7 cm³/mol. The first-order valence-corrected chi connectivity index (χ1v) is 8.95. The lowest BCUT2D eigenvalue weighted by Crippen LogP contribution is -2.35. The number of hydrogen-bond acceptors (Lipinski definition) is 2. The summed E-state index contributed by atoms with van der Waals surface area (Å²) in [6, 6.07) is 6.25. The summed E-state index contributed by atoms with van der Waals surface area (Å²) >= 11 is 0. The van der Waals surface area contributed by atoms with Gasteiger partial charge in [0.15, 0.2) is 0 Å². The molecule has 0 aliphatic rings. The lowest BCUT2D eigenvalue weighted by molar-refractivity contribution is -0.677. The van der Waals surface area contributed by atoms with Crippen LogP contribution in [0.15, 0.2) is 36.9 Å². The van der Waals surface area contributed by atoms with Gasteiger partial charge < -0.3 is 0 Å². The van der Waals surface area contributed by atoms with Gasteiger partial charge in [0, 0.05) is 11.1 Å². The largest absolute Gasteiger partial charge is 0.304 e. The number of hydrogen-bond donors (Lipinski definition) is 1. The second-order valence-corrected chi connectivity index (χ2v) is 7.56. The average Bonchev–Trinajstić information content (AvgIpc) is 2.83. The summed E-state index contributed by atoms with van der Waals surface area (Å²) in [5.74, 6) is 0.262. The topological polar surface area (TPSA) is 63.2 Å². The molecule has 0 atom stereocenters. The van der Waals surface area contributed by atoms with Crippen molar-refractivity contribution in [3.8, 4) is 5.69 Å². The first-order chi connectivity index (χ1) is 10.2. The minimum atomic E-state index is -4.05. The molecule has 0 aliphatic carbocycles. The fourth-order valence-corrected chi connectivity index (χ4v) is 3.13. The Kier molecular flexibility index (Phi) is 4.72. The van der Waals surface area contributed by atoms with Crippen molar-refractivity contribution in [3.63, 3.8) is 0 Å². The maximum atomic E-state index is 11.0. The molecule has 1 N–H and O–H groups in total. The molecule has 0 spiro atoms. The van der Waals surface area contributed by atoms with Crippen molar-refractivity contribution >= 4 is 10.1 Å². The van der Waals surface area contributed by atoms with E-state index in [0.29, 0.717) is 11.8 Å². The van der Waals surface area contributed by atoms with Gasteiger partial charge in [-0.25, -0.2) is 9.13 Å². The normalized spacial score (nSPS) is 12.3. The van der Waals surface area contributed by atoms with E-state index in [2.05, 4.69) is 45.9 Å². The summed E-state index contributed by atoms with van der Waals surface area (Å²) in [6.45, 7) is 8.55. The van der Waals surface area contributed by atoms with Crippen LogP contribution in [0.2, 0.25) is 0 Å². The molecule has 0 amide bonds. The Morgan fingerprint density at radius 1 is 1.14 bits per heavy atom. The van der Waals surface area contributed by atoms with Crippen molar-refractivity contribution in [1.29, 1.82) is 0 Å². The molecular formula is C16H23N2O3S+. The Hall–Kier alpha value is -1.66. The van der Waals surface area contributed by atoms with E-state index in [4.69, 9.17) is 4.55 Å². The Balaban J connectivity index is 2.56. The summed E-state index contributed by atoms with van der Waals surface area (Å²) < 4.78 is 34.4. The van der Waals surface area contributed by atoms with E-state index < -0.39 is 16.0 Å². The van der Waals surface area contributed by atoms with Crippen molar-refractivity contribution < 1.29 is 17.5 Å². The van der Waals surface area contributed by atoms with Gasteiger partial charge in [-0.2, -0.15) is 8.42 Å². The Morgan fingerprint density at radius 2 is 1.68 bits per heavy atom. The Morgan fingerprint density at radius 3 is 2.14 bits per heavy atom. The molecule has 5 nitrogen and oxygen atoms in total. The summed E-state index contributed by atoms with van der Waals surface area (Å²) in [5, 5.41) is 0. The number of para-hydroxylation sites is 1. The zero-order chi connectivity index (χ0) is 16.5. The minimum Gasteiger partial charge on any atom is -0.283 e. The maximum absolute atomic E-state index is 11.0. The quantitative estimate of drug-likeness (QED) is 0.680. The van der Waals surface area contributed by atoms with Crippen LogP contribution in [0.3, 0.4) is 0 Å². The third kappa shape index (κ3) is 3.75. The summed E-state index contributed by atoms with van der Waals surface area (Å²) in [4.78, 5) is 0. The molecule has 0 unspecified atom stereocenters. The monoisotopic (exact) mass is 323 g/mol. The molecule has 0 bridgehead atoms. The van der Waals surface area contributed by atoms with Crippen LogP contribution in [0.25, 0.3) is 5.69 Å². The van der Waals surface area contributed by atoms with E-state index in [9.17, 15) is 8.42 Å². The van der Waals surface area contributed by atoms with E-state index in [1.807, 2.05) is 10.8 Å². The Bertz CT molecular complexity index is 735. The fraction of sp³-hybridized carbons (Fsp3) is 0.438. The van der Waals surface area contributed by atoms with Crippen LogP contribution < -0.4 is 4.57 Å². The molecule has 0 saturated heterocycles. The molecule has 1 aromatic carbocycles. The maximum Gasteiger partial charge on any atom is 0.304 e. The minimum absolute atomic E-state index is 0.353. The molecule has 0 saturated carbocycles. The molecule has 1 heterocycles. The van der Waals surface area contributed by atoms with E-state index in [1.54, 1.807) is 12.5 Å². The van der Waals surface area contributed by atoms with E-state index in [-0.39, 0.29) is 0 Å². The highest BCUT2D eigenvalue weighted by molar-refractivity contribution is 7.84. The number of rotatable bonds is 5. The van der Waals surface area contributed by atoms with Crippen LogP contribution in [-0.2, 0) is 16.0 Å². The highest BCUT2D eigenvalue weighted by atomic mass is 32.2. The predicted octanol–water partition coefficient (Wildman–Crippen LogP) is 2.86. The standard InChI is InChI=1S/C16H22N2O3S/c1-12(2)14-6-5-7-15(13(3)4)16(14)18-9-8-17(10-18)11-22(19,20)21/h5-10,12-13H,11H2,1-4H3/p+1. The van der Waals surface area contributed by atoms with Crippen LogP contribution in [0.4, 0.5) is 0 Å². The summed E-state index contributed by atoms with van der Waals surface area (Å²) in [7, 11) is -4.05. The van der Waals surface area contributed by atoms with Gasteiger partial charge in [-0.05, 0) is 11.8 Å². The molecule has 0 fully saturated rings. The smallest absolute Gasteiger partial charge is 0.283 e. The molecule has 120 valence electrons. The van der Waals surface area contributed by atoms with Crippen molar-refractivity contribution in [1.82, 2.24) is 4.57 Å². The van der Waals surface area contributed by atoms with Gasteiger partial charge in [0.05, 0.1) is 0 Å². The Labute approximate surface area is 132 Å². The molecule has 2 aromatic rings. The van der Waals surface area contributed by atoms with Crippen LogP contribution in [-0.4, -0.2) is 17.5 Å². The van der Waals surface area contributed by atoms with E-state index in [1.165, 1.54) is 15.7 Å². The van der Waals surface area contributed by atoms with Gasteiger partial charge in [-0.1, -0.05) is 45.9 Å². The number of aromatic nitrogens is 2. The zero-order valence-electron chi connectivity index (χ0n) is 13.4. The van der Waals surface area contributed by atoms with Crippen LogP contribution in [0.1, 0.15) is 50.7 Å². The van der Waals surface area contributed by atoms with Crippen LogP contribution in [0, 0.1) is 0 Å². The third-order valence-electron chi connectivity index (χ3n) is 3.60.